The molecular formula is C37H42N9O9P. The van der Waals surface area contributed by atoms with E-state index in [0.717, 1.165) is 42.7 Å². The monoisotopic (exact) mass is 787 g/mol. The molecule has 3 fully saturated rings. The van der Waals surface area contributed by atoms with Gasteiger partial charge in [-0.25, -0.2) is 13.8 Å². The Bertz CT molecular complexity index is 2190. The van der Waals surface area contributed by atoms with E-state index in [4.69, 9.17) is 25.0 Å². The molecule has 0 spiro atoms. The maximum Gasteiger partial charge on any atom is 0.472 e. The van der Waals surface area contributed by atoms with E-state index in [9.17, 15) is 18.9 Å². The van der Waals surface area contributed by atoms with Crippen LogP contribution >= 0.6 is 7.82 Å². The Kier molecular flexibility index (Phi) is 10.5. The number of nitrogens with zero attached hydrogens (tertiary/aromatic N) is 7. The summed E-state index contributed by atoms with van der Waals surface area (Å²) in [5.74, 6) is 0.988. The average molecular weight is 788 g/mol. The summed E-state index contributed by atoms with van der Waals surface area (Å²) in [6.45, 7) is 1.88. The van der Waals surface area contributed by atoms with Crippen LogP contribution in [-0.4, -0.2) is 104 Å². The molecule has 3 amide bonds. The zero-order chi connectivity index (χ0) is 39.0. The number of benzene rings is 2. The first-order valence-electron chi connectivity index (χ1n) is 18.5. The van der Waals surface area contributed by atoms with Crippen LogP contribution in [0.2, 0.25) is 0 Å². The Balaban J connectivity index is 0.895. The minimum Gasteiger partial charge on any atom is -0.489 e. The van der Waals surface area contributed by atoms with Crippen LogP contribution in [0.3, 0.4) is 0 Å². The number of carbonyl (C=O) groups is 3. The van der Waals surface area contributed by atoms with Gasteiger partial charge in [0.2, 0.25) is 17.7 Å². The molecule has 4 aromatic rings. The summed E-state index contributed by atoms with van der Waals surface area (Å²) >= 11 is 0. The molecule has 294 valence electrons. The van der Waals surface area contributed by atoms with Gasteiger partial charge in [0, 0.05) is 31.1 Å². The lowest BCUT2D eigenvalue weighted by atomic mass is 9.80. The standard InChI is InChI=1S/C37H42N9O9P/c38-36-31(18-28(41-42-36)27-4-1-2-7-32(27)54-22-55-56(50,51)52)46-20-25(19-39-46)44-15-14-43(21-34(44)48)24-10-8-23(9-11-24)26-5-3-6-29-35(26)53-17-16-45(29)30-12-13-33(47)40-37(30)49/h1-7,18-20,23-24,30H,8-17,21-22H2,(H2,38,42)(H,40,47,49)(H2,50,51,52). The summed E-state index contributed by atoms with van der Waals surface area (Å²) in [7, 11) is -4.73. The summed E-state index contributed by atoms with van der Waals surface area (Å²) in [4.78, 5) is 62.2. The van der Waals surface area contributed by atoms with Gasteiger partial charge in [-0.15, -0.1) is 10.2 Å². The van der Waals surface area contributed by atoms with Crippen LogP contribution < -0.4 is 30.3 Å². The molecule has 3 aliphatic heterocycles. The van der Waals surface area contributed by atoms with Gasteiger partial charge in [0.05, 0.1) is 42.6 Å². The van der Waals surface area contributed by atoms with Gasteiger partial charge in [0.15, 0.2) is 12.6 Å². The molecule has 4 aliphatic rings. The molecule has 2 aromatic carbocycles. The average Bonchev–Trinajstić information content (AvgIpc) is 3.67. The molecule has 1 atom stereocenters. The third-order valence-corrected chi connectivity index (χ3v) is 11.4. The van der Waals surface area contributed by atoms with Crippen LogP contribution in [0, 0.1) is 0 Å². The minimum absolute atomic E-state index is 0.0258. The molecule has 2 aromatic heterocycles. The second kappa shape index (κ2) is 15.6. The summed E-state index contributed by atoms with van der Waals surface area (Å²) in [5, 5.41) is 15.3. The van der Waals surface area contributed by atoms with Crippen molar-refractivity contribution in [3.8, 4) is 28.4 Å². The van der Waals surface area contributed by atoms with Crippen molar-refractivity contribution in [3.05, 3.63) is 66.5 Å². The number of carbonyl (C=O) groups excluding carboxylic acids is 3. The smallest absolute Gasteiger partial charge is 0.472 e. The van der Waals surface area contributed by atoms with Crippen LogP contribution in [0.25, 0.3) is 16.9 Å². The molecule has 2 saturated heterocycles. The lowest BCUT2D eigenvalue weighted by Crippen LogP contribution is -2.54. The third-order valence-electron chi connectivity index (χ3n) is 10.9. The third kappa shape index (κ3) is 7.83. The van der Waals surface area contributed by atoms with Gasteiger partial charge >= 0.3 is 7.82 Å². The van der Waals surface area contributed by atoms with Crippen LogP contribution in [0.15, 0.2) is 60.9 Å². The lowest BCUT2D eigenvalue weighted by molar-refractivity contribution is -0.134. The molecule has 1 aliphatic carbocycles. The number of nitrogens with one attached hydrogen (secondary N) is 1. The van der Waals surface area contributed by atoms with Crippen molar-refractivity contribution in [2.45, 2.75) is 56.5 Å². The van der Waals surface area contributed by atoms with Gasteiger partial charge in [-0.1, -0.05) is 24.3 Å². The fraction of sp³-hybridized carbons (Fsp3) is 0.405. The second-order valence-corrected chi connectivity index (χ2v) is 15.5. The van der Waals surface area contributed by atoms with Gasteiger partial charge < -0.3 is 34.8 Å². The number of anilines is 3. The summed E-state index contributed by atoms with van der Waals surface area (Å²) in [5.41, 5.74) is 10.2. The lowest BCUT2D eigenvalue weighted by Gasteiger charge is -2.42. The molecule has 19 heteroatoms. The molecule has 1 unspecified atom stereocenters. The second-order valence-electron chi connectivity index (χ2n) is 14.2. The Hall–Kier alpha value is -5.39. The number of hydrogen-bond acceptors (Lipinski definition) is 13. The number of para-hydroxylation sites is 2. The van der Waals surface area contributed by atoms with Gasteiger partial charge in [-0.05, 0) is 67.9 Å². The van der Waals surface area contributed by atoms with Crippen molar-refractivity contribution in [3.63, 3.8) is 0 Å². The number of imide groups is 1. The highest BCUT2D eigenvalue weighted by molar-refractivity contribution is 7.46. The van der Waals surface area contributed by atoms with Crippen LogP contribution in [0.5, 0.6) is 11.5 Å². The van der Waals surface area contributed by atoms with Crippen molar-refractivity contribution in [2.24, 2.45) is 0 Å². The van der Waals surface area contributed by atoms with E-state index in [1.54, 1.807) is 47.6 Å². The molecule has 1 saturated carbocycles. The maximum atomic E-state index is 13.6. The Labute approximate surface area is 321 Å². The number of nitrogen functional groups attached to an aromatic ring is 1. The molecular weight excluding hydrogens is 745 g/mol. The highest BCUT2D eigenvalue weighted by atomic mass is 31.2. The van der Waals surface area contributed by atoms with E-state index < -0.39 is 20.7 Å². The Morgan fingerprint density at radius 3 is 2.57 bits per heavy atom. The van der Waals surface area contributed by atoms with Crippen molar-refractivity contribution in [1.29, 1.82) is 0 Å². The van der Waals surface area contributed by atoms with E-state index in [2.05, 4.69) is 41.0 Å². The van der Waals surface area contributed by atoms with Crippen LogP contribution in [-0.2, 0) is 23.5 Å². The number of hydrogen-bond donors (Lipinski definition) is 4. The molecule has 5 N–H and O–H groups in total. The normalized spacial score (nSPS) is 22.0. The first kappa shape index (κ1) is 37.5. The fourth-order valence-electron chi connectivity index (χ4n) is 8.20. The SMILES string of the molecule is Nc1nnc(-c2ccccc2OCOP(=O)(O)O)cc1-n1cc(N2CCN(C3CCC(c4cccc5c4OCCN5C4CCC(=O)NC4=O)CC3)CC2=O)cn1. The number of aromatic nitrogens is 4. The quantitative estimate of drug-likeness (QED) is 0.103. The number of phosphoric ester groups is 1. The fourth-order valence-corrected chi connectivity index (χ4v) is 8.39. The first-order chi connectivity index (χ1) is 27.0. The highest BCUT2D eigenvalue weighted by Crippen LogP contribution is 2.45. The summed E-state index contributed by atoms with van der Waals surface area (Å²) in [6.07, 6.45) is 7.93. The van der Waals surface area contributed by atoms with Crippen molar-refractivity contribution in [2.75, 3.05) is 55.1 Å². The maximum absolute atomic E-state index is 13.6. The van der Waals surface area contributed by atoms with Crippen molar-refractivity contribution < 1.29 is 42.7 Å². The van der Waals surface area contributed by atoms with Gasteiger partial charge in [-0.3, -0.25) is 24.6 Å². The number of piperazine rings is 1. The van der Waals surface area contributed by atoms with Crippen LogP contribution in [0.1, 0.15) is 50.0 Å². The number of fused-ring (bicyclic) bond motifs is 1. The van der Waals surface area contributed by atoms with E-state index in [1.165, 1.54) is 4.68 Å². The number of piperidine rings is 1. The first-order valence-corrected chi connectivity index (χ1v) is 20.1. The Morgan fingerprint density at radius 2 is 1.79 bits per heavy atom. The number of ether oxygens (including phenoxy) is 2. The largest absolute Gasteiger partial charge is 0.489 e. The molecule has 18 nitrogen and oxygen atoms in total. The molecule has 0 bridgehead atoms. The van der Waals surface area contributed by atoms with Crippen molar-refractivity contribution >= 4 is 42.7 Å². The summed E-state index contributed by atoms with van der Waals surface area (Å²) < 4.78 is 28.7. The topological polar surface area (TPSA) is 228 Å². The minimum atomic E-state index is -4.73. The number of rotatable bonds is 10. The highest BCUT2D eigenvalue weighted by Gasteiger charge is 2.38. The van der Waals surface area contributed by atoms with E-state index in [0.29, 0.717) is 67.6 Å². The van der Waals surface area contributed by atoms with Gasteiger partial charge in [-0.2, -0.15) is 5.10 Å². The number of phosphoric acid groups is 1. The zero-order valence-corrected chi connectivity index (χ0v) is 31.3. The number of amides is 3. The van der Waals surface area contributed by atoms with Gasteiger partial charge in [0.25, 0.3) is 0 Å². The van der Waals surface area contributed by atoms with Crippen molar-refractivity contribution in [1.82, 2.24) is 30.2 Å². The van der Waals surface area contributed by atoms with E-state index in [1.807, 2.05) is 12.1 Å². The van der Waals surface area contributed by atoms with E-state index >= 15 is 0 Å². The molecule has 56 heavy (non-hydrogen) atoms. The molecule has 0 radical (unpaired) electrons. The predicted molar refractivity (Wildman–Crippen MR) is 202 cm³/mol. The zero-order valence-electron chi connectivity index (χ0n) is 30.4. The van der Waals surface area contributed by atoms with Gasteiger partial charge in [0.1, 0.15) is 29.8 Å². The Morgan fingerprint density at radius 1 is 0.964 bits per heavy atom. The van der Waals surface area contributed by atoms with E-state index in [-0.39, 0.29) is 41.9 Å². The molecule has 5 heterocycles. The summed E-state index contributed by atoms with van der Waals surface area (Å²) in [6, 6.07) is 14.4. The molecule has 8 rings (SSSR count). The van der Waals surface area contributed by atoms with Crippen LogP contribution in [0.4, 0.5) is 17.2 Å². The number of nitrogens with two attached hydrogens (primary N) is 1. The predicted octanol–water partition coefficient (Wildman–Crippen LogP) is 2.74.